The predicted molar refractivity (Wildman–Crippen MR) is 127 cm³/mol. The van der Waals surface area contributed by atoms with Gasteiger partial charge in [-0.05, 0) is 0 Å². The quantitative estimate of drug-likeness (QED) is 0.204. The number of amides is 1. The third-order valence-electron chi connectivity index (χ3n) is 5.56. The van der Waals surface area contributed by atoms with E-state index in [4.69, 9.17) is 0 Å². The van der Waals surface area contributed by atoms with E-state index in [2.05, 4.69) is 12.2 Å². The standard InChI is InChI=1S/C22H44NO3S.2Na/c1-3-4-5-6-7-8-9-10-11-12-13-14-15-16-17-18-19-23-22(24)20-21(2)27(25)26;;/h21H,3-20H2,1-2H3,(H,23,24);;. The van der Waals surface area contributed by atoms with Crippen molar-refractivity contribution < 1.29 is 13.2 Å². The molecule has 0 saturated heterocycles. The first-order valence-electron chi connectivity index (χ1n) is 11.8. The molecule has 0 aliphatic rings. The largest absolute Gasteiger partial charge is 0 e. The first kappa shape index (κ1) is 32.6. The number of carbonyl (C=O) groups is 1. The summed E-state index contributed by atoms with van der Waals surface area (Å²) in [7, 11) is 0. The van der Waals surface area contributed by atoms with Gasteiger partial charge < -0.3 is 0 Å². The second-order valence-corrected chi connectivity index (χ2v) is 14.4. The van der Waals surface area contributed by atoms with Crippen molar-refractivity contribution in [1.29, 1.82) is 0 Å². The van der Waals surface area contributed by atoms with Crippen LogP contribution in [0.15, 0.2) is 0 Å². The summed E-state index contributed by atoms with van der Waals surface area (Å²) in [5.74, 6) is -3.11. The zero-order valence-electron chi connectivity index (χ0n) is 19.9. The van der Waals surface area contributed by atoms with Gasteiger partial charge in [-0.3, -0.25) is 0 Å². The van der Waals surface area contributed by atoms with Crippen molar-refractivity contribution >= 4 is 67.8 Å². The van der Waals surface area contributed by atoms with Crippen LogP contribution in [0.25, 0.3) is 0 Å². The van der Waals surface area contributed by atoms with Crippen molar-refractivity contribution in [3.05, 3.63) is 0 Å². The Bertz CT molecular complexity index is 473. The first-order chi connectivity index (χ1) is 13.4. The molecule has 0 fully saturated rings. The van der Waals surface area contributed by atoms with Crippen molar-refractivity contribution in [3.63, 3.8) is 0 Å². The minimum absolute atomic E-state index is 0. The fourth-order valence-electron chi connectivity index (χ4n) is 3.39. The number of carbonyl (C=O) groups excluding carboxylic acids is 1. The SMILES string of the molecule is CCCCCCCCCCCCCCCCCCNC(=O)CC(C)[S](=O)(=O)[Na].[Na]. The summed E-state index contributed by atoms with van der Waals surface area (Å²) >= 11 is 0.116. The molecule has 0 rings (SSSR count). The van der Waals surface area contributed by atoms with Gasteiger partial charge in [0, 0.05) is 29.6 Å². The Kier molecular flexibility index (Phi) is 25.4. The van der Waals surface area contributed by atoms with Gasteiger partial charge in [-0.2, -0.15) is 0 Å². The van der Waals surface area contributed by atoms with Crippen LogP contribution in [-0.2, 0) is 10.8 Å². The summed E-state index contributed by atoms with van der Waals surface area (Å²) in [4.78, 5) is 11.7. The van der Waals surface area contributed by atoms with Crippen molar-refractivity contribution in [2.75, 3.05) is 6.54 Å². The summed E-state index contributed by atoms with van der Waals surface area (Å²) in [6, 6.07) is 0. The fourth-order valence-corrected chi connectivity index (χ4v) is 4.34. The Balaban J connectivity index is 0. The number of nitrogens with one attached hydrogen (secondary N) is 1. The van der Waals surface area contributed by atoms with Crippen LogP contribution in [0.2, 0.25) is 0 Å². The van der Waals surface area contributed by atoms with Crippen molar-refractivity contribution in [2.24, 2.45) is 0 Å². The van der Waals surface area contributed by atoms with Gasteiger partial charge in [0.1, 0.15) is 0 Å². The second kappa shape index (κ2) is 22.6. The molecule has 1 amide bonds. The molecule has 1 N–H and O–H groups in total. The van der Waals surface area contributed by atoms with Gasteiger partial charge in [0.15, 0.2) is 0 Å². The molecule has 1 radical (unpaired) electrons. The van der Waals surface area contributed by atoms with Gasteiger partial charge in [0.2, 0.25) is 0 Å². The third kappa shape index (κ3) is 23.9. The van der Waals surface area contributed by atoms with E-state index in [9.17, 15) is 13.2 Å². The van der Waals surface area contributed by atoms with E-state index < -0.39 is 11.2 Å². The Morgan fingerprint density at radius 2 is 1.10 bits per heavy atom. The molecule has 0 aliphatic carbocycles. The van der Waals surface area contributed by atoms with Crippen LogP contribution in [0.1, 0.15) is 123 Å². The van der Waals surface area contributed by atoms with E-state index in [1.165, 1.54) is 89.9 Å². The maximum absolute atomic E-state index is 11.7. The van der Waals surface area contributed by atoms with Crippen LogP contribution in [0.4, 0.5) is 0 Å². The molecule has 4 nitrogen and oxygen atoms in total. The molecule has 0 aliphatic heterocycles. The Hall–Kier alpha value is 1.42. The molecular weight excluding hydrogens is 404 g/mol. The molecule has 0 saturated carbocycles. The van der Waals surface area contributed by atoms with E-state index in [1.807, 2.05) is 0 Å². The van der Waals surface area contributed by atoms with E-state index in [1.54, 1.807) is 6.92 Å². The summed E-state index contributed by atoms with van der Waals surface area (Å²) in [5.41, 5.74) is 0. The summed E-state index contributed by atoms with van der Waals surface area (Å²) in [5, 5.41) is 2.31. The molecular formula is C22H44NNa2O3S. The molecule has 163 valence electrons. The Morgan fingerprint density at radius 3 is 1.45 bits per heavy atom. The van der Waals surface area contributed by atoms with Gasteiger partial charge in [-0.1, -0.05) is 71.1 Å². The van der Waals surface area contributed by atoms with Crippen LogP contribution in [0, 0.1) is 0 Å². The van der Waals surface area contributed by atoms with Gasteiger partial charge in [0.25, 0.3) is 0 Å². The smallest absolute Gasteiger partial charge is 0 e. The summed E-state index contributed by atoms with van der Waals surface area (Å²) in [6.45, 7) is 4.57. The molecule has 0 aromatic carbocycles. The van der Waals surface area contributed by atoms with Gasteiger partial charge in [-0.15, -0.1) is 0 Å². The average molecular weight is 449 g/mol. The maximum atomic E-state index is 11.7. The van der Waals surface area contributed by atoms with Crippen LogP contribution in [-0.4, -0.2) is 82.0 Å². The Labute approximate surface area is 219 Å². The van der Waals surface area contributed by atoms with Crippen LogP contribution < -0.4 is 5.32 Å². The maximum Gasteiger partial charge on any atom is 0 e. The minimum atomic E-state index is -2.98. The van der Waals surface area contributed by atoms with Crippen LogP contribution >= 0.6 is 0 Å². The van der Waals surface area contributed by atoms with E-state index in [0.29, 0.717) is 6.54 Å². The monoisotopic (exact) mass is 448 g/mol. The first-order valence-corrected chi connectivity index (χ1v) is 16.2. The van der Waals surface area contributed by atoms with E-state index in [-0.39, 0.29) is 68.2 Å². The zero-order valence-corrected chi connectivity index (χ0v) is 24.8. The molecule has 0 heterocycles. The van der Waals surface area contributed by atoms with Crippen molar-refractivity contribution in [1.82, 2.24) is 5.32 Å². The van der Waals surface area contributed by atoms with Crippen molar-refractivity contribution in [2.45, 2.75) is 128 Å². The van der Waals surface area contributed by atoms with Gasteiger partial charge in [0.05, 0.1) is 0 Å². The molecule has 29 heavy (non-hydrogen) atoms. The van der Waals surface area contributed by atoms with E-state index in [0.717, 1.165) is 12.8 Å². The molecule has 0 bridgehead atoms. The number of unbranched alkanes of at least 4 members (excludes halogenated alkanes) is 15. The normalized spacial score (nSPS) is 12.4. The van der Waals surface area contributed by atoms with Crippen molar-refractivity contribution in [3.8, 4) is 0 Å². The second-order valence-electron chi connectivity index (χ2n) is 8.50. The summed E-state index contributed by atoms with van der Waals surface area (Å²) < 4.78 is 22.8. The minimum Gasteiger partial charge on any atom is 0 e. The molecule has 1 unspecified atom stereocenters. The Morgan fingerprint density at radius 1 is 0.759 bits per heavy atom. The van der Waals surface area contributed by atoms with Gasteiger partial charge in [-0.25, -0.2) is 0 Å². The fraction of sp³-hybridized carbons (Fsp3) is 0.955. The number of hydrogen-bond acceptors (Lipinski definition) is 3. The van der Waals surface area contributed by atoms with Crippen LogP contribution in [0.5, 0.6) is 0 Å². The van der Waals surface area contributed by atoms with E-state index >= 15 is 0 Å². The molecule has 7 heteroatoms. The zero-order chi connectivity index (χ0) is 21.1. The number of rotatable bonds is 20. The summed E-state index contributed by atoms with van der Waals surface area (Å²) in [6.07, 6.45) is 21.5. The van der Waals surface area contributed by atoms with Crippen LogP contribution in [0.3, 0.4) is 0 Å². The molecule has 1 atom stereocenters. The van der Waals surface area contributed by atoms with Gasteiger partial charge >= 0.3 is 120 Å². The predicted octanol–water partition coefficient (Wildman–Crippen LogP) is 5.26. The third-order valence-corrected chi connectivity index (χ3v) is 9.60. The molecule has 0 aromatic rings. The average Bonchev–Trinajstić information content (AvgIpc) is 2.63. The molecule has 0 aromatic heterocycles. The number of hydrogen-bond donors (Lipinski definition) is 1. The topological polar surface area (TPSA) is 63.2 Å². The molecule has 0 spiro atoms.